The standard InChI is InChI=1S/C17H19NO2/c1-14(20-16-11-7-4-8-12-16)17(19)18(2)13-15-9-5-3-6-10-15/h3-12,14H,13H2,1-2H3/t14-/m0/s1. The lowest BCUT2D eigenvalue weighted by molar-refractivity contribution is -0.137. The summed E-state index contributed by atoms with van der Waals surface area (Å²) in [6.45, 7) is 2.36. The number of hydrogen-bond donors (Lipinski definition) is 0. The first-order valence-corrected chi connectivity index (χ1v) is 6.67. The highest BCUT2D eigenvalue weighted by molar-refractivity contribution is 5.80. The summed E-state index contributed by atoms with van der Waals surface area (Å²) < 4.78 is 5.64. The van der Waals surface area contributed by atoms with Crippen LogP contribution in [0.25, 0.3) is 0 Å². The lowest BCUT2D eigenvalue weighted by Crippen LogP contribution is -2.37. The van der Waals surface area contributed by atoms with Crippen LogP contribution in [0.1, 0.15) is 12.5 Å². The fraction of sp³-hybridized carbons (Fsp3) is 0.235. The van der Waals surface area contributed by atoms with Crippen LogP contribution in [0, 0.1) is 0 Å². The number of benzene rings is 2. The van der Waals surface area contributed by atoms with Crippen molar-refractivity contribution in [2.75, 3.05) is 7.05 Å². The maximum absolute atomic E-state index is 12.3. The monoisotopic (exact) mass is 269 g/mol. The number of carbonyl (C=O) groups excluding carboxylic acids is 1. The van der Waals surface area contributed by atoms with Gasteiger partial charge in [0, 0.05) is 13.6 Å². The Balaban J connectivity index is 1.93. The molecule has 20 heavy (non-hydrogen) atoms. The predicted molar refractivity (Wildman–Crippen MR) is 79.4 cm³/mol. The van der Waals surface area contributed by atoms with E-state index in [1.165, 1.54) is 0 Å². The second-order valence-electron chi connectivity index (χ2n) is 4.75. The molecule has 0 aromatic heterocycles. The molecule has 0 heterocycles. The van der Waals surface area contributed by atoms with Crippen LogP contribution in [0.5, 0.6) is 5.75 Å². The summed E-state index contributed by atoms with van der Waals surface area (Å²) in [6, 6.07) is 19.3. The SMILES string of the molecule is C[C@H](Oc1ccccc1)C(=O)N(C)Cc1ccccc1. The Morgan fingerprint density at radius 3 is 2.20 bits per heavy atom. The molecular weight excluding hydrogens is 250 g/mol. The minimum atomic E-state index is -0.494. The molecule has 0 N–H and O–H groups in total. The van der Waals surface area contributed by atoms with Crippen LogP contribution in [0.2, 0.25) is 0 Å². The van der Waals surface area contributed by atoms with Crippen LogP contribution >= 0.6 is 0 Å². The van der Waals surface area contributed by atoms with Gasteiger partial charge < -0.3 is 9.64 Å². The van der Waals surface area contributed by atoms with Gasteiger partial charge in [-0.05, 0) is 24.6 Å². The summed E-state index contributed by atoms with van der Waals surface area (Å²) in [5.74, 6) is 0.680. The molecule has 2 rings (SSSR count). The molecule has 0 aliphatic carbocycles. The molecule has 0 bridgehead atoms. The largest absolute Gasteiger partial charge is 0.481 e. The van der Waals surface area contributed by atoms with Gasteiger partial charge in [-0.2, -0.15) is 0 Å². The molecule has 0 saturated heterocycles. The van der Waals surface area contributed by atoms with Crippen LogP contribution in [0.3, 0.4) is 0 Å². The summed E-state index contributed by atoms with van der Waals surface area (Å²) in [6.07, 6.45) is -0.494. The molecule has 0 aliphatic rings. The van der Waals surface area contributed by atoms with Gasteiger partial charge >= 0.3 is 0 Å². The first kappa shape index (κ1) is 14.1. The number of carbonyl (C=O) groups is 1. The van der Waals surface area contributed by atoms with Gasteiger partial charge in [-0.15, -0.1) is 0 Å². The molecule has 0 fully saturated rings. The topological polar surface area (TPSA) is 29.5 Å². The molecule has 1 amide bonds. The Hall–Kier alpha value is -2.29. The smallest absolute Gasteiger partial charge is 0.263 e. The molecule has 104 valence electrons. The van der Waals surface area contributed by atoms with Crippen LogP contribution in [0.15, 0.2) is 60.7 Å². The molecule has 0 spiro atoms. The van der Waals surface area contributed by atoms with Crippen LogP contribution in [0.4, 0.5) is 0 Å². The number of amides is 1. The summed E-state index contributed by atoms with van der Waals surface area (Å²) in [7, 11) is 1.79. The first-order chi connectivity index (χ1) is 9.66. The zero-order valence-corrected chi connectivity index (χ0v) is 11.8. The van der Waals surface area contributed by atoms with Crippen LogP contribution in [-0.4, -0.2) is 24.0 Å². The summed E-state index contributed by atoms with van der Waals surface area (Å²) >= 11 is 0. The number of nitrogens with zero attached hydrogens (tertiary/aromatic N) is 1. The molecule has 3 nitrogen and oxygen atoms in total. The predicted octanol–water partition coefficient (Wildman–Crippen LogP) is 3.11. The maximum atomic E-state index is 12.3. The van der Waals surface area contributed by atoms with Crippen molar-refractivity contribution in [3.05, 3.63) is 66.2 Å². The minimum Gasteiger partial charge on any atom is -0.481 e. The normalized spacial score (nSPS) is 11.7. The number of ether oxygens (including phenoxy) is 1. The van der Waals surface area contributed by atoms with Gasteiger partial charge in [0.05, 0.1) is 0 Å². The summed E-state index contributed by atoms with van der Waals surface area (Å²) in [5.41, 5.74) is 1.11. The van der Waals surface area contributed by atoms with E-state index < -0.39 is 6.10 Å². The quantitative estimate of drug-likeness (QED) is 0.834. The molecule has 3 heteroatoms. The van der Waals surface area contributed by atoms with Crippen molar-refractivity contribution in [3.8, 4) is 5.75 Å². The molecule has 0 unspecified atom stereocenters. The van der Waals surface area contributed by atoms with Gasteiger partial charge in [0.15, 0.2) is 6.10 Å². The van der Waals surface area contributed by atoms with E-state index in [1.54, 1.807) is 18.9 Å². The Kier molecular flexibility index (Phi) is 4.77. The second-order valence-corrected chi connectivity index (χ2v) is 4.75. The van der Waals surface area contributed by atoms with E-state index in [2.05, 4.69) is 0 Å². The van der Waals surface area contributed by atoms with E-state index in [9.17, 15) is 4.79 Å². The van der Waals surface area contributed by atoms with Gasteiger partial charge in [-0.1, -0.05) is 48.5 Å². The van der Waals surface area contributed by atoms with Crippen molar-refractivity contribution < 1.29 is 9.53 Å². The molecule has 1 atom stereocenters. The third kappa shape index (κ3) is 3.85. The average Bonchev–Trinajstić information content (AvgIpc) is 2.48. The zero-order chi connectivity index (χ0) is 14.4. The fourth-order valence-electron chi connectivity index (χ4n) is 2.00. The van der Waals surface area contributed by atoms with E-state index >= 15 is 0 Å². The molecule has 0 saturated carbocycles. The van der Waals surface area contributed by atoms with Crippen LogP contribution < -0.4 is 4.74 Å². The van der Waals surface area contributed by atoms with Crippen molar-refractivity contribution in [2.24, 2.45) is 0 Å². The first-order valence-electron chi connectivity index (χ1n) is 6.67. The molecule has 0 radical (unpaired) electrons. The van der Waals surface area contributed by atoms with Crippen molar-refractivity contribution in [3.63, 3.8) is 0 Å². The number of para-hydroxylation sites is 1. The minimum absolute atomic E-state index is 0.0299. The van der Waals surface area contributed by atoms with E-state index in [1.807, 2.05) is 60.7 Å². The third-order valence-electron chi connectivity index (χ3n) is 3.04. The van der Waals surface area contributed by atoms with Crippen molar-refractivity contribution in [2.45, 2.75) is 19.6 Å². The molecule has 2 aromatic carbocycles. The lowest BCUT2D eigenvalue weighted by atomic mass is 10.2. The van der Waals surface area contributed by atoms with E-state index in [0.29, 0.717) is 12.3 Å². The average molecular weight is 269 g/mol. The lowest BCUT2D eigenvalue weighted by Gasteiger charge is -2.22. The van der Waals surface area contributed by atoms with Crippen molar-refractivity contribution >= 4 is 5.91 Å². The van der Waals surface area contributed by atoms with E-state index in [4.69, 9.17) is 4.74 Å². The van der Waals surface area contributed by atoms with Gasteiger partial charge in [0.1, 0.15) is 5.75 Å². The summed E-state index contributed by atoms with van der Waals surface area (Å²) in [4.78, 5) is 13.9. The van der Waals surface area contributed by atoms with Crippen molar-refractivity contribution in [1.82, 2.24) is 4.90 Å². The number of rotatable bonds is 5. The zero-order valence-electron chi connectivity index (χ0n) is 11.8. The highest BCUT2D eigenvalue weighted by Crippen LogP contribution is 2.12. The van der Waals surface area contributed by atoms with Gasteiger partial charge in [-0.25, -0.2) is 0 Å². The Labute approximate surface area is 119 Å². The maximum Gasteiger partial charge on any atom is 0.263 e. The Morgan fingerprint density at radius 1 is 1.05 bits per heavy atom. The second kappa shape index (κ2) is 6.75. The molecule has 0 aliphatic heterocycles. The highest BCUT2D eigenvalue weighted by Gasteiger charge is 2.19. The number of likely N-dealkylation sites (N-methyl/N-ethyl adjacent to an activating group) is 1. The summed E-state index contributed by atoms with van der Waals surface area (Å²) in [5, 5.41) is 0. The van der Waals surface area contributed by atoms with Gasteiger partial charge in [0.2, 0.25) is 0 Å². The van der Waals surface area contributed by atoms with Crippen molar-refractivity contribution in [1.29, 1.82) is 0 Å². The number of hydrogen-bond acceptors (Lipinski definition) is 2. The van der Waals surface area contributed by atoms with Gasteiger partial charge in [0.25, 0.3) is 5.91 Å². The van der Waals surface area contributed by atoms with Gasteiger partial charge in [-0.3, -0.25) is 4.79 Å². The fourth-order valence-corrected chi connectivity index (χ4v) is 2.00. The highest BCUT2D eigenvalue weighted by atomic mass is 16.5. The van der Waals surface area contributed by atoms with E-state index in [0.717, 1.165) is 5.56 Å². The van der Waals surface area contributed by atoms with E-state index in [-0.39, 0.29) is 5.91 Å². The van der Waals surface area contributed by atoms with Crippen LogP contribution in [-0.2, 0) is 11.3 Å². The molecular formula is C17H19NO2. The Morgan fingerprint density at radius 2 is 1.60 bits per heavy atom. The Bertz CT molecular complexity index is 490. The third-order valence-corrected chi connectivity index (χ3v) is 3.04. The molecule has 2 aromatic rings.